The first-order valence-corrected chi connectivity index (χ1v) is 13.0. The van der Waals surface area contributed by atoms with Gasteiger partial charge in [0.15, 0.2) is 0 Å². The van der Waals surface area contributed by atoms with E-state index in [1.807, 2.05) is 37.3 Å². The van der Waals surface area contributed by atoms with E-state index in [2.05, 4.69) is 48.4 Å². The molecule has 0 bridgehead atoms. The van der Waals surface area contributed by atoms with Gasteiger partial charge >= 0.3 is 5.69 Å². The molecule has 2 heterocycles. The third-order valence-electron chi connectivity index (χ3n) is 6.90. The zero-order valence-corrected chi connectivity index (χ0v) is 22.0. The Hall–Kier alpha value is -4.17. The smallest absolute Gasteiger partial charge is 0.348 e. The number of halogens is 1. The van der Waals surface area contributed by atoms with Gasteiger partial charge in [0.1, 0.15) is 6.54 Å². The van der Waals surface area contributed by atoms with E-state index in [1.54, 1.807) is 17.1 Å². The molecular formula is C29H29ClN6O2. The molecule has 1 aromatic heterocycles. The zero-order chi connectivity index (χ0) is 26.8. The van der Waals surface area contributed by atoms with Crippen LogP contribution in [0.3, 0.4) is 0 Å². The van der Waals surface area contributed by atoms with Gasteiger partial charge in [-0.2, -0.15) is 5.10 Å². The summed E-state index contributed by atoms with van der Waals surface area (Å²) >= 11 is 6.05. The van der Waals surface area contributed by atoms with E-state index in [1.165, 1.54) is 14.8 Å². The lowest BCUT2D eigenvalue weighted by molar-refractivity contribution is -0.118. The van der Waals surface area contributed by atoms with E-state index in [0.717, 1.165) is 28.8 Å². The van der Waals surface area contributed by atoms with Crippen LogP contribution in [0.25, 0.3) is 0 Å². The number of aryl methyl sites for hydroxylation is 1. The fourth-order valence-electron chi connectivity index (χ4n) is 4.77. The Balaban J connectivity index is 1.60. The van der Waals surface area contributed by atoms with Crippen molar-refractivity contribution in [3.63, 3.8) is 0 Å². The predicted octanol–water partition coefficient (Wildman–Crippen LogP) is 4.36. The molecule has 3 aromatic carbocycles. The van der Waals surface area contributed by atoms with E-state index in [-0.39, 0.29) is 18.4 Å². The Kier molecular flexibility index (Phi) is 7.15. The number of benzene rings is 3. The van der Waals surface area contributed by atoms with Crippen molar-refractivity contribution in [3.05, 3.63) is 117 Å². The van der Waals surface area contributed by atoms with Gasteiger partial charge in [-0.05, 0) is 47.7 Å². The van der Waals surface area contributed by atoms with E-state index in [4.69, 9.17) is 22.4 Å². The lowest BCUT2D eigenvalue weighted by Crippen LogP contribution is -2.33. The highest BCUT2D eigenvalue weighted by atomic mass is 35.5. The van der Waals surface area contributed by atoms with Gasteiger partial charge in [0, 0.05) is 10.9 Å². The van der Waals surface area contributed by atoms with Gasteiger partial charge in [0.05, 0.1) is 18.3 Å². The third kappa shape index (κ3) is 4.99. The number of hydrogen-bond donors (Lipinski definition) is 1. The SMILES string of the molecule is CCc1ccc(C2=NN(c3nn([C@H](C)c4ccc(Cl)cc4)c(=O)n3CC(N)=O)C[C@H]2c2ccccc2)cc1. The lowest BCUT2D eigenvalue weighted by Gasteiger charge is -2.16. The second-order valence-electron chi connectivity index (χ2n) is 9.39. The highest BCUT2D eigenvalue weighted by Gasteiger charge is 2.33. The Bertz CT molecular complexity index is 1520. The van der Waals surface area contributed by atoms with E-state index >= 15 is 0 Å². The van der Waals surface area contributed by atoms with Crippen molar-refractivity contribution >= 4 is 29.2 Å². The molecule has 5 rings (SSSR count). The highest BCUT2D eigenvalue weighted by molar-refractivity contribution is 6.30. The molecule has 194 valence electrons. The summed E-state index contributed by atoms with van der Waals surface area (Å²) in [6.45, 7) is 4.15. The maximum absolute atomic E-state index is 13.5. The lowest BCUT2D eigenvalue weighted by atomic mass is 9.90. The maximum Gasteiger partial charge on any atom is 0.348 e. The molecule has 9 heteroatoms. The number of amides is 1. The molecule has 2 N–H and O–H groups in total. The van der Waals surface area contributed by atoms with Crippen molar-refractivity contribution in [2.45, 2.75) is 38.8 Å². The summed E-state index contributed by atoms with van der Waals surface area (Å²) in [5.74, 6) is -0.416. The predicted molar refractivity (Wildman–Crippen MR) is 150 cm³/mol. The molecule has 0 saturated heterocycles. The monoisotopic (exact) mass is 528 g/mol. The highest BCUT2D eigenvalue weighted by Crippen LogP contribution is 2.31. The van der Waals surface area contributed by atoms with E-state index in [0.29, 0.717) is 11.6 Å². The molecule has 1 amide bonds. The molecule has 0 radical (unpaired) electrons. The van der Waals surface area contributed by atoms with Crippen LogP contribution in [0.15, 0.2) is 88.8 Å². The molecule has 0 saturated carbocycles. The van der Waals surface area contributed by atoms with Crippen LogP contribution in [-0.2, 0) is 17.8 Å². The van der Waals surface area contributed by atoms with Crippen LogP contribution >= 0.6 is 11.6 Å². The maximum atomic E-state index is 13.5. The zero-order valence-electron chi connectivity index (χ0n) is 21.3. The average Bonchev–Trinajstić information content (AvgIpc) is 3.51. The minimum absolute atomic E-state index is 0.0559. The van der Waals surface area contributed by atoms with Gasteiger partial charge in [0.2, 0.25) is 11.9 Å². The summed E-state index contributed by atoms with van der Waals surface area (Å²) in [6.07, 6.45) is 0.948. The average molecular weight is 529 g/mol. The van der Waals surface area contributed by atoms with Gasteiger partial charge in [-0.1, -0.05) is 85.3 Å². The second kappa shape index (κ2) is 10.7. The molecule has 4 aromatic rings. The van der Waals surface area contributed by atoms with Crippen molar-refractivity contribution in [2.24, 2.45) is 10.8 Å². The summed E-state index contributed by atoms with van der Waals surface area (Å²) in [7, 11) is 0. The molecule has 0 unspecified atom stereocenters. The number of anilines is 1. The van der Waals surface area contributed by atoms with Crippen LogP contribution in [-0.4, -0.2) is 32.5 Å². The quantitative estimate of drug-likeness (QED) is 0.367. The number of primary amides is 1. The molecule has 0 aliphatic carbocycles. The number of nitrogens with two attached hydrogens (primary N) is 1. The summed E-state index contributed by atoms with van der Waals surface area (Å²) in [5.41, 5.74) is 10.2. The van der Waals surface area contributed by atoms with Crippen LogP contribution in [0.2, 0.25) is 5.02 Å². The van der Waals surface area contributed by atoms with Gasteiger partial charge < -0.3 is 5.73 Å². The van der Waals surface area contributed by atoms with Crippen LogP contribution in [0, 0.1) is 0 Å². The van der Waals surface area contributed by atoms with Crippen LogP contribution < -0.4 is 16.4 Å². The molecule has 0 fully saturated rings. The van der Waals surface area contributed by atoms with Crippen molar-refractivity contribution in [2.75, 3.05) is 11.6 Å². The van der Waals surface area contributed by atoms with Crippen LogP contribution in [0.5, 0.6) is 0 Å². The van der Waals surface area contributed by atoms with Crippen molar-refractivity contribution < 1.29 is 4.79 Å². The first-order chi connectivity index (χ1) is 18.4. The molecule has 1 aliphatic heterocycles. The minimum atomic E-state index is -0.634. The molecule has 0 spiro atoms. The Morgan fingerprint density at radius 2 is 1.74 bits per heavy atom. The number of carbonyl (C=O) groups is 1. The van der Waals surface area contributed by atoms with Crippen molar-refractivity contribution in [3.8, 4) is 0 Å². The Morgan fingerprint density at radius 3 is 2.37 bits per heavy atom. The van der Waals surface area contributed by atoms with Crippen LogP contribution in [0.1, 0.15) is 48.1 Å². The number of carbonyl (C=O) groups excluding carboxylic acids is 1. The topological polar surface area (TPSA) is 98.5 Å². The Morgan fingerprint density at radius 1 is 1.05 bits per heavy atom. The number of hydrogen-bond acceptors (Lipinski definition) is 5. The molecule has 2 atom stereocenters. The van der Waals surface area contributed by atoms with Gasteiger partial charge in [-0.15, -0.1) is 5.10 Å². The Labute approximate surface area is 226 Å². The van der Waals surface area contributed by atoms with Crippen molar-refractivity contribution in [1.82, 2.24) is 14.3 Å². The first-order valence-electron chi connectivity index (χ1n) is 12.6. The van der Waals surface area contributed by atoms with Gasteiger partial charge in [-0.25, -0.2) is 14.5 Å². The first kappa shape index (κ1) is 25.5. The van der Waals surface area contributed by atoms with E-state index in [9.17, 15) is 9.59 Å². The minimum Gasteiger partial charge on any atom is -0.368 e. The summed E-state index contributed by atoms with van der Waals surface area (Å²) < 4.78 is 2.66. The molecule has 8 nitrogen and oxygen atoms in total. The largest absolute Gasteiger partial charge is 0.368 e. The van der Waals surface area contributed by atoms with Gasteiger partial charge in [-0.3, -0.25) is 9.36 Å². The third-order valence-corrected chi connectivity index (χ3v) is 7.16. The molecule has 38 heavy (non-hydrogen) atoms. The fraction of sp³-hybridized carbons (Fsp3) is 0.241. The van der Waals surface area contributed by atoms with Gasteiger partial charge in [0.25, 0.3) is 0 Å². The summed E-state index contributed by atoms with van der Waals surface area (Å²) in [4.78, 5) is 25.5. The molecule has 1 aliphatic rings. The second-order valence-corrected chi connectivity index (χ2v) is 9.82. The standard InChI is InChI=1S/C29H29ClN6O2/c1-3-20-9-11-23(12-10-20)27-25(22-7-5-4-6-8-22)17-35(32-27)28-33-36(29(38)34(28)18-26(31)37)19(2)21-13-15-24(30)16-14-21/h4-16,19,25H,3,17-18H2,1-2H3,(H2,31,37)/t19-,25+/m1/s1. The number of rotatable bonds is 8. The summed E-state index contributed by atoms with van der Waals surface area (Å²) in [5, 5.41) is 11.9. The summed E-state index contributed by atoms with van der Waals surface area (Å²) in [6, 6.07) is 25.3. The van der Waals surface area contributed by atoms with Crippen molar-refractivity contribution in [1.29, 1.82) is 0 Å². The molecular weight excluding hydrogens is 500 g/mol. The normalized spacial score (nSPS) is 15.9. The van der Waals surface area contributed by atoms with E-state index < -0.39 is 17.6 Å². The number of nitrogens with zero attached hydrogens (tertiary/aromatic N) is 5. The van der Waals surface area contributed by atoms with Crippen LogP contribution in [0.4, 0.5) is 5.95 Å². The number of aromatic nitrogens is 3. The fourth-order valence-corrected chi connectivity index (χ4v) is 4.89. The number of hydrazone groups is 1.